The fraction of sp³-hybridized carbons (Fsp3) is 0.571. The maximum Gasteiger partial charge on any atom is 0.137 e. The Labute approximate surface area is 218 Å². The van der Waals surface area contributed by atoms with Gasteiger partial charge < -0.3 is 4.74 Å². The molecule has 0 bridgehead atoms. The first kappa shape index (κ1) is 30.2. The van der Waals surface area contributed by atoms with E-state index in [1.807, 2.05) is 0 Å². The maximum absolute atomic E-state index is 6.88. The van der Waals surface area contributed by atoms with Crippen LogP contribution in [0.3, 0.4) is 0 Å². The molecular weight excluding hydrogens is 470 g/mol. The third-order valence-electron chi connectivity index (χ3n) is 6.37. The van der Waals surface area contributed by atoms with Crippen LogP contribution in [0.15, 0.2) is 48.5 Å². The summed E-state index contributed by atoms with van der Waals surface area (Å²) in [6, 6.07) is 17.4. The van der Waals surface area contributed by atoms with Crippen LogP contribution in [-0.4, -0.2) is 71.0 Å². The van der Waals surface area contributed by atoms with E-state index in [1.165, 1.54) is 10.6 Å². The molecule has 0 aliphatic rings. The van der Waals surface area contributed by atoms with Crippen LogP contribution in [0, 0.1) is 0 Å². The lowest BCUT2D eigenvalue weighted by Gasteiger charge is -2.39. The Morgan fingerprint density at radius 2 is 0.714 bits per heavy atom. The lowest BCUT2D eigenvalue weighted by Crippen LogP contribution is -2.35. The molecular formula is C28H48N4OP2. The monoisotopic (exact) mass is 518 g/mol. The Morgan fingerprint density at radius 3 is 0.971 bits per heavy atom. The molecule has 0 atom stereocenters. The number of ether oxygens (including phenoxy) is 1. The van der Waals surface area contributed by atoms with E-state index < -0.39 is 16.4 Å². The van der Waals surface area contributed by atoms with E-state index in [0.717, 1.165) is 63.9 Å². The Kier molecular flexibility index (Phi) is 13.7. The van der Waals surface area contributed by atoms with Crippen LogP contribution in [0.1, 0.15) is 55.4 Å². The molecule has 0 unspecified atom stereocenters. The van der Waals surface area contributed by atoms with Crippen molar-refractivity contribution in [1.29, 1.82) is 0 Å². The summed E-state index contributed by atoms with van der Waals surface area (Å²) in [5, 5.41) is 2.61. The largest absolute Gasteiger partial charge is 0.456 e. The van der Waals surface area contributed by atoms with Crippen molar-refractivity contribution in [2.45, 2.75) is 55.4 Å². The maximum atomic E-state index is 6.88. The molecule has 35 heavy (non-hydrogen) atoms. The van der Waals surface area contributed by atoms with Gasteiger partial charge in [-0.1, -0.05) is 79.7 Å². The first-order valence-electron chi connectivity index (χ1n) is 13.5. The molecule has 0 amide bonds. The summed E-state index contributed by atoms with van der Waals surface area (Å²) in [5.74, 6) is 1.97. The molecule has 0 fully saturated rings. The van der Waals surface area contributed by atoms with Gasteiger partial charge in [0, 0.05) is 63.0 Å². The second-order valence-electron chi connectivity index (χ2n) is 8.17. The van der Waals surface area contributed by atoms with Crippen LogP contribution in [0.4, 0.5) is 0 Å². The Hall–Kier alpha value is -1.06. The third kappa shape index (κ3) is 7.48. The van der Waals surface area contributed by atoms with Crippen LogP contribution >= 0.6 is 16.4 Å². The number of rotatable bonds is 16. The van der Waals surface area contributed by atoms with Crippen molar-refractivity contribution < 1.29 is 4.74 Å². The summed E-state index contributed by atoms with van der Waals surface area (Å²) in [7, 11) is -1.27. The van der Waals surface area contributed by atoms with Gasteiger partial charge in [0.05, 0.1) is 16.4 Å². The number of para-hydroxylation sites is 2. The van der Waals surface area contributed by atoms with Gasteiger partial charge in [-0.3, -0.25) is 18.7 Å². The molecule has 0 saturated carbocycles. The van der Waals surface area contributed by atoms with Crippen LogP contribution in [0.2, 0.25) is 0 Å². The van der Waals surface area contributed by atoms with Gasteiger partial charge in [-0.25, -0.2) is 0 Å². The highest BCUT2D eigenvalue weighted by Gasteiger charge is 2.29. The molecule has 7 heteroatoms. The number of benzene rings is 2. The Bertz CT molecular complexity index is 759. The molecule has 196 valence electrons. The van der Waals surface area contributed by atoms with Crippen molar-refractivity contribution in [1.82, 2.24) is 18.7 Å². The summed E-state index contributed by atoms with van der Waals surface area (Å²) < 4.78 is 17.3. The average molecular weight is 519 g/mol. The van der Waals surface area contributed by atoms with Crippen molar-refractivity contribution in [3.8, 4) is 11.5 Å². The molecule has 0 aliphatic heterocycles. The topological polar surface area (TPSA) is 22.2 Å². The van der Waals surface area contributed by atoms with Gasteiger partial charge in [-0.2, -0.15) is 0 Å². The SMILES string of the molecule is CCN(CC)P(c1ccccc1Oc1ccccc1P(N(CC)CC)N(CC)CC)N(CC)CC. The van der Waals surface area contributed by atoms with Crippen LogP contribution < -0.4 is 15.3 Å². The van der Waals surface area contributed by atoms with Crippen molar-refractivity contribution in [3.05, 3.63) is 48.5 Å². The quantitative estimate of drug-likeness (QED) is 0.230. The normalized spacial score (nSPS) is 12.2. The molecule has 5 nitrogen and oxygen atoms in total. The number of hydrogen-bond acceptors (Lipinski definition) is 5. The minimum Gasteiger partial charge on any atom is -0.456 e. The van der Waals surface area contributed by atoms with Gasteiger partial charge in [0.15, 0.2) is 0 Å². The summed E-state index contributed by atoms with van der Waals surface area (Å²) >= 11 is 0. The molecule has 0 aromatic heterocycles. The van der Waals surface area contributed by atoms with E-state index in [9.17, 15) is 0 Å². The first-order valence-corrected chi connectivity index (χ1v) is 16.0. The zero-order valence-corrected chi connectivity index (χ0v) is 25.2. The van der Waals surface area contributed by atoms with Crippen molar-refractivity contribution >= 4 is 27.1 Å². The highest BCUT2D eigenvalue weighted by Crippen LogP contribution is 2.48. The minimum atomic E-state index is -0.636. The van der Waals surface area contributed by atoms with Gasteiger partial charge in [0.1, 0.15) is 11.5 Å². The van der Waals surface area contributed by atoms with Gasteiger partial charge in [-0.05, 0) is 24.3 Å². The van der Waals surface area contributed by atoms with Crippen LogP contribution in [0.5, 0.6) is 11.5 Å². The number of nitrogens with zero attached hydrogens (tertiary/aromatic N) is 4. The smallest absolute Gasteiger partial charge is 0.137 e. The summed E-state index contributed by atoms with van der Waals surface area (Å²) in [5.41, 5.74) is 0. The van der Waals surface area contributed by atoms with Gasteiger partial charge in [-0.15, -0.1) is 0 Å². The van der Waals surface area contributed by atoms with E-state index in [-0.39, 0.29) is 0 Å². The Balaban J connectivity index is 2.60. The first-order chi connectivity index (χ1) is 17.0. The van der Waals surface area contributed by atoms with Crippen molar-refractivity contribution in [3.63, 3.8) is 0 Å². The summed E-state index contributed by atoms with van der Waals surface area (Å²) in [4.78, 5) is 0. The average Bonchev–Trinajstić information content (AvgIpc) is 2.90. The van der Waals surface area contributed by atoms with Crippen LogP contribution in [0.25, 0.3) is 0 Å². The van der Waals surface area contributed by atoms with Crippen molar-refractivity contribution in [2.75, 3.05) is 52.4 Å². The molecule has 0 spiro atoms. The zero-order valence-electron chi connectivity index (χ0n) is 23.4. The minimum absolute atomic E-state index is 0.636. The molecule has 0 aliphatic carbocycles. The number of hydrogen-bond donors (Lipinski definition) is 0. The van der Waals surface area contributed by atoms with Crippen molar-refractivity contribution in [2.24, 2.45) is 0 Å². The second kappa shape index (κ2) is 15.9. The highest BCUT2D eigenvalue weighted by molar-refractivity contribution is 7.61. The molecule has 0 saturated heterocycles. The van der Waals surface area contributed by atoms with E-state index in [1.54, 1.807) is 0 Å². The molecule has 2 aromatic rings. The molecule has 0 radical (unpaired) electrons. The summed E-state index contributed by atoms with van der Waals surface area (Å²) in [6.07, 6.45) is 0. The zero-order chi connectivity index (χ0) is 25.8. The van der Waals surface area contributed by atoms with E-state index in [4.69, 9.17) is 4.74 Å². The third-order valence-corrected chi connectivity index (χ3v) is 12.4. The fourth-order valence-electron chi connectivity index (χ4n) is 4.47. The predicted molar refractivity (Wildman–Crippen MR) is 158 cm³/mol. The van der Waals surface area contributed by atoms with E-state index >= 15 is 0 Å². The van der Waals surface area contributed by atoms with E-state index in [2.05, 4.69) is 123 Å². The van der Waals surface area contributed by atoms with Gasteiger partial charge in [0.2, 0.25) is 0 Å². The van der Waals surface area contributed by atoms with Gasteiger partial charge >= 0.3 is 0 Å². The van der Waals surface area contributed by atoms with Crippen LogP contribution in [-0.2, 0) is 0 Å². The summed E-state index contributed by atoms with van der Waals surface area (Å²) in [6.45, 7) is 26.3. The predicted octanol–water partition coefficient (Wildman–Crippen LogP) is 6.72. The Morgan fingerprint density at radius 1 is 0.457 bits per heavy atom. The van der Waals surface area contributed by atoms with E-state index in [0.29, 0.717) is 0 Å². The molecule has 2 rings (SSSR count). The highest BCUT2D eigenvalue weighted by atomic mass is 31.1. The van der Waals surface area contributed by atoms with Gasteiger partial charge in [0.25, 0.3) is 0 Å². The standard InChI is InChI=1S/C28H48N4OP2/c1-9-29(10-2)34(30(11-3)12-4)27-23-19-17-21-25(27)33-26-22-18-20-24-28(26)35(31(13-5)14-6)32(15-7)16-8/h17-24H,9-16H2,1-8H3. The lowest BCUT2D eigenvalue weighted by atomic mass is 10.3. The molecule has 0 heterocycles. The lowest BCUT2D eigenvalue weighted by molar-refractivity contribution is 0.426. The second-order valence-corrected chi connectivity index (χ2v) is 12.6. The fourth-order valence-corrected chi connectivity index (χ4v) is 9.62. The molecule has 0 N–H and O–H groups in total. The molecule has 2 aromatic carbocycles.